The number of carbonyl (C=O) groups is 1. The summed E-state index contributed by atoms with van der Waals surface area (Å²) >= 11 is 0. The Labute approximate surface area is 109 Å². The predicted molar refractivity (Wildman–Crippen MR) is 67.6 cm³/mol. The third-order valence-corrected chi connectivity index (χ3v) is 2.13. The first kappa shape index (κ1) is 17.3. The molecule has 0 saturated carbocycles. The zero-order valence-electron chi connectivity index (χ0n) is 11.6. The van der Waals surface area contributed by atoms with Crippen LogP contribution in [0.5, 0.6) is 0 Å². The molecule has 0 heterocycles. The number of carbonyl (C=O) groups excluding carboxylic acids is 1. The number of methoxy groups -OCH3 is 1. The Morgan fingerprint density at radius 1 is 1.06 bits per heavy atom. The van der Waals surface area contributed by atoms with Gasteiger partial charge in [0.2, 0.25) is 0 Å². The lowest BCUT2D eigenvalue weighted by Gasteiger charge is -2.15. The summed E-state index contributed by atoms with van der Waals surface area (Å²) in [7, 11) is 3.49. The smallest absolute Gasteiger partial charge is 0.320 e. The summed E-state index contributed by atoms with van der Waals surface area (Å²) in [6.45, 7) is 6.07. The first-order valence-electron chi connectivity index (χ1n) is 6.19. The van der Waals surface area contributed by atoms with E-state index in [2.05, 4.69) is 0 Å². The number of hydrogen-bond donors (Lipinski definition) is 0. The van der Waals surface area contributed by atoms with Crippen molar-refractivity contribution < 1.29 is 23.7 Å². The molecule has 108 valence electrons. The van der Waals surface area contributed by atoms with Gasteiger partial charge in [-0.15, -0.1) is 0 Å². The molecule has 0 aromatic carbocycles. The summed E-state index contributed by atoms with van der Waals surface area (Å²) in [6, 6.07) is 0. The molecule has 18 heavy (non-hydrogen) atoms. The van der Waals surface area contributed by atoms with Gasteiger partial charge in [-0.2, -0.15) is 0 Å². The molecule has 0 amide bonds. The van der Waals surface area contributed by atoms with Gasteiger partial charge in [-0.1, -0.05) is 0 Å². The van der Waals surface area contributed by atoms with Crippen LogP contribution in [0.2, 0.25) is 0 Å². The van der Waals surface area contributed by atoms with Crippen LogP contribution in [0.15, 0.2) is 0 Å². The Hall–Kier alpha value is -0.690. The second-order valence-corrected chi connectivity index (χ2v) is 3.76. The van der Waals surface area contributed by atoms with Gasteiger partial charge >= 0.3 is 5.97 Å². The highest BCUT2D eigenvalue weighted by atomic mass is 16.5. The van der Waals surface area contributed by atoms with Gasteiger partial charge < -0.3 is 18.9 Å². The zero-order chi connectivity index (χ0) is 13.6. The molecule has 6 nitrogen and oxygen atoms in total. The first-order chi connectivity index (χ1) is 8.70. The molecule has 0 aromatic heterocycles. The molecule has 0 N–H and O–H groups in total. The summed E-state index contributed by atoms with van der Waals surface area (Å²) in [5.74, 6) is -0.206. The molecule has 0 unspecified atom stereocenters. The van der Waals surface area contributed by atoms with Crippen molar-refractivity contribution in [2.24, 2.45) is 0 Å². The quantitative estimate of drug-likeness (QED) is 0.369. The van der Waals surface area contributed by atoms with E-state index in [0.29, 0.717) is 52.7 Å². The van der Waals surface area contributed by atoms with Gasteiger partial charge in [0.1, 0.15) is 0 Å². The van der Waals surface area contributed by atoms with E-state index in [1.807, 2.05) is 11.9 Å². The normalized spacial score (nSPS) is 10.9. The summed E-state index contributed by atoms with van der Waals surface area (Å²) < 4.78 is 20.3. The molecule has 0 radical (unpaired) electrons. The van der Waals surface area contributed by atoms with Crippen LogP contribution in [0.1, 0.15) is 6.92 Å². The highest BCUT2D eigenvalue weighted by molar-refractivity contribution is 5.71. The molecule has 0 aromatic rings. The molecule has 0 bridgehead atoms. The maximum absolute atomic E-state index is 11.2. The van der Waals surface area contributed by atoms with E-state index in [1.165, 1.54) is 0 Å². The molecule has 0 rings (SSSR count). The maximum Gasteiger partial charge on any atom is 0.320 e. The van der Waals surface area contributed by atoms with E-state index < -0.39 is 0 Å². The van der Waals surface area contributed by atoms with Crippen LogP contribution < -0.4 is 0 Å². The van der Waals surface area contributed by atoms with Gasteiger partial charge in [0.05, 0.1) is 46.2 Å². The molecule has 6 heteroatoms. The molecule has 0 aliphatic heterocycles. The van der Waals surface area contributed by atoms with Crippen molar-refractivity contribution in [3.05, 3.63) is 0 Å². The molecule has 0 aliphatic rings. The van der Waals surface area contributed by atoms with E-state index in [9.17, 15) is 4.79 Å². The van der Waals surface area contributed by atoms with Crippen molar-refractivity contribution in [3.63, 3.8) is 0 Å². The van der Waals surface area contributed by atoms with Gasteiger partial charge in [-0.05, 0) is 14.0 Å². The number of rotatable bonds is 12. The van der Waals surface area contributed by atoms with Crippen molar-refractivity contribution in [2.75, 3.05) is 66.9 Å². The largest absolute Gasteiger partial charge is 0.465 e. The Morgan fingerprint density at radius 2 is 1.67 bits per heavy atom. The second-order valence-electron chi connectivity index (χ2n) is 3.76. The number of hydrogen-bond acceptors (Lipinski definition) is 6. The second kappa shape index (κ2) is 12.8. The third-order valence-electron chi connectivity index (χ3n) is 2.13. The lowest BCUT2D eigenvalue weighted by Crippen LogP contribution is -2.30. The zero-order valence-corrected chi connectivity index (χ0v) is 11.6. The Balaban J connectivity index is 3.24. The fraction of sp³-hybridized carbons (Fsp3) is 0.917. The van der Waals surface area contributed by atoms with Crippen LogP contribution in [-0.4, -0.2) is 77.8 Å². The fourth-order valence-electron chi connectivity index (χ4n) is 1.19. The van der Waals surface area contributed by atoms with Gasteiger partial charge in [-0.25, -0.2) is 0 Å². The van der Waals surface area contributed by atoms with Crippen molar-refractivity contribution >= 4 is 5.97 Å². The molecule has 0 spiro atoms. The van der Waals surface area contributed by atoms with E-state index in [-0.39, 0.29) is 5.97 Å². The molecular formula is C12H25NO5. The summed E-state index contributed by atoms with van der Waals surface area (Å²) in [5, 5.41) is 0. The predicted octanol–water partition coefficient (Wildman–Crippen LogP) is 0.161. The van der Waals surface area contributed by atoms with Crippen LogP contribution >= 0.6 is 0 Å². The van der Waals surface area contributed by atoms with Gasteiger partial charge in [0.15, 0.2) is 0 Å². The van der Waals surface area contributed by atoms with Gasteiger partial charge in [0.25, 0.3) is 0 Å². The van der Waals surface area contributed by atoms with Gasteiger partial charge in [-0.3, -0.25) is 9.69 Å². The highest BCUT2D eigenvalue weighted by Gasteiger charge is 2.06. The number of likely N-dealkylation sites (N-methyl/N-ethyl adjacent to an activating group) is 1. The molecule has 0 saturated heterocycles. The topological polar surface area (TPSA) is 57.2 Å². The average Bonchev–Trinajstić information content (AvgIpc) is 2.32. The average molecular weight is 263 g/mol. The summed E-state index contributed by atoms with van der Waals surface area (Å²) in [6.07, 6.45) is 0. The maximum atomic E-state index is 11.2. The lowest BCUT2D eigenvalue weighted by molar-refractivity contribution is -0.144. The minimum atomic E-state index is -0.206. The third kappa shape index (κ3) is 11.8. The SMILES string of the molecule is CCOC(=O)CN(C)CCOCCOCCOC. The first-order valence-corrected chi connectivity index (χ1v) is 6.19. The standard InChI is InChI=1S/C12H25NO5/c1-4-18-12(14)11-13(2)5-6-16-9-10-17-8-7-15-3/h4-11H2,1-3H3. The monoisotopic (exact) mass is 263 g/mol. The lowest BCUT2D eigenvalue weighted by atomic mass is 10.5. The number of ether oxygens (including phenoxy) is 4. The van der Waals surface area contributed by atoms with Crippen LogP contribution in [-0.2, 0) is 23.7 Å². The van der Waals surface area contributed by atoms with Crippen LogP contribution in [0.3, 0.4) is 0 Å². The van der Waals surface area contributed by atoms with E-state index >= 15 is 0 Å². The van der Waals surface area contributed by atoms with E-state index in [0.717, 1.165) is 0 Å². The van der Waals surface area contributed by atoms with E-state index in [1.54, 1.807) is 14.0 Å². The van der Waals surface area contributed by atoms with E-state index in [4.69, 9.17) is 18.9 Å². The number of nitrogens with zero attached hydrogens (tertiary/aromatic N) is 1. The Bertz CT molecular complexity index is 201. The van der Waals surface area contributed by atoms with Crippen LogP contribution in [0.25, 0.3) is 0 Å². The van der Waals surface area contributed by atoms with Crippen molar-refractivity contribution in [2.45, 2.75) is 6.92 Å². The summed E-state index contributed by atoms with van der Waals surface area (Å²) in [5.41, 5.74) is 0. The van der Waals surface area contributed by atoms with Crippen molar-refractivity contribution in [1.29, 1.82) is 0 Å². The Morgan fingerprint density at radius 3 is 2.28 bits per heavy atom. The highest BCUT2D eigenvalue weighted by Crippen LogP contribution is 1.87. The van der Waals surface area contributed by atoms with Crippen LogP contribution in [0.4, 0.5) is 0 Å². The Kier molecular flexibility index (Phi) is 12.3. The van der Waals surface area contributed by atoms with Gasteiger partial charge in [0, 0.05) is 13.7 Å². The molecular weight excluding hydrogens is 238 g/mol. The van der Waals surface area contributed by atoms with Crippen molar-refractivity contribution in [3.8, 4) is 0 Å². The fourth-order valence-corrected chi connectivity index (χ4v) is 1.19. The van der Waals surface area contributed by atoms with Crippen LogP contribution in [0, 0.1) is 0 Å². The number of esters is 1. The minimum absolute atomic E-state index is 0.206. The molecule has 0 atom stereocenters. The minimum Gasteiger partial charge on any atom is -0.465 e. The van der Waals surface area contributed by atoms with Crippen molar-refractivity contribution in [1.82, 2.24) is 4.90 Å². The molecule has 0 fully saturated rings. The summed E-state index contributed by atoms with van der Waals surface area (Å²) in [4.78, 5) is 13.0. The molecule has 0 aliphatic carbocycles.